The number of hydrogen-bond acceptors (Lipinski definition) is 3. The zero-order valence-corrected chi connectivity index (χ0v) is 13.6. The lowest BCUT2D eigenvalue weighted by Crippen LogP contribution is -2.44. The lowest BCUT2D eigenvalue weighted by Gasteiger charge is -2.22. The molecule has 1 atom stereocenters. The average molecular weight is 303 g/mol. The first kappa shape index (κ1) is 15.6. The highest BCUT2D eigenvalue weighted by Crippen LogP contribution is 2.24. The lowest BCUT2D eigenvalue weighted by molar-refractivity contribution is -0.121. The molecule has 0 saturated heterocycles. The van der Waals surface area contributed by atoms with Gasteiger partial charge in [0.1, 0.15) is 0 Å². The van der Waals surface area contributed by atoms with Crippen LogP contribution in [-0.2, 0) is 4.79 Å². The van der Waals surface area contributed by atoms with Crippen molar-refractivity contribution >= 4 is 17.7 Å². The number of hydrogen-bond donors (Lipinski definition) is 2. The number of imidazole rings is 1. The highest BCUT2D eigenvalue weighted by atomic mass is 32.2. The predicted octanol–water partition coefficient (Wildman–Crippen LogP) is 3.47. The molecule has 2 N–H and O–H groups in total. The maximum Gasteiger partial charge on any atom is 0.233 e. The standard InChI is InChI=1S/C16H21N3OS/c1-11(14(20)19-16(2,3)4)21-15-17-10-13(18-15)12-8-6-5-7-9-12/h5-11H,1-4H3,(H,17,18)(H,19,20). The molecule has 112 valence electrons. The van der Waals surface area contributed by atoms with Crippen molar-refractivity contribution in [3.8, 4) is 11.3 Å². The summed E-state index contributed by atoms with van der Waals surface area (Å²) < 4.78 is 0. The maximum absolute atomic E-state index is 12.1. The topological polar surface area (TPSA) is 57.8 Å². The van der Waals surface area contributed by atoms with Crippen LogP contribution in [0.1, 0.15) is 27.7 Å². The predicted molar refractivity (Wildman–Crippen MR) is 87.2 cm³/mol. The van der Waals surface area contributed by atoms with Gasteiger partial charge in [0, 0.05) is 5.54 Å². The van der Waals surface area contributed by atoms with E-state index < -0.39 is 0 Å². The number of nitrogens with zero attached hydrogens (tertiary/aromatic N) is 1. The molecule has 5 heteroatoms. The Morgan fingerprint density at radius 2 is 1.95 bits per heavy atom. The summed E-state index contributed by atoms with van der Waals surface area (Å²) >= 11 is 1.43. The Bertz CT molecular complexity index is 601. The minimum atomic E-state index is -0.218. The average Bonchev–Trinajstić information content (AvgIpc) is 2.86. The molecule has 1 aromatic carbocycles. The normalized spacial score (nSPS) is 13.0. The summed E-state index contributed by atoms with van der Waals surface area (Å²) in [6, 6.07) is 10.0. The van der Waals surface area contributed by atoms with Crippen molar-refractivity contribution < 1.29 is 4.79 Å². The number of thioether (sulfide) groups is 1. The molecule has 2 rings (SSSR count). The third-order valence-electron chi connectivity index (χ3n) is 2.79. The second-order valence-corrected chi connectivity index (χ2v) is 7.30. The van der Waals surface area contributed by atoms with Gasteiger partial charge in [-0.2, -0.15) is 0 Å². The molecule has 1 heterocycles. The second kappa shape index (κ2) is 6.35. The Morgan fingerprint density at radius 1 is 1.29 bits per heavy atom. The molecular formula is C16H21N3OS. The summed E-state index contributed by atoms with van der Waals surface area (Å²) in [4.78, 5) is 19.7. The molecule has 21 heavy (non-hydrogen) atoms. The Hall–Kier alpha value is -1.75. The van der Waals surface area contributed by atoms with Gasteiger partial charge in [-0.05, 0) is 33.3 Å². The molecular weight excluding hydrogens is 282 g/mol. The minimum Gasteiger partial charge on any atom is -0.351 e. The van der Waals surface area contributed by atoms with Crippen molar-refractivity contribution in [2.45, 2.75) is 43.6 Å². The molecule has 0 saturated carbocycles. The third-order valence-corrected chi connectivity index (χ3v) is 3.79. The summed E-state index contributed by atoms with van der Waals surface area (Å²) in [5, 5.41) is 3.54. The fourth-order valence-electron chi connectivity index (χ4n) is 1.82. The molecule has 1 aromatic heterocycles. The van der Waals surface area contributed by atoms with E-state index in [9.17, 15) is 4.79 Å². The monoisotopic (exact) mass is 303 g/mol. The smallest absolute Gasteiger partial charge is 0.233 e. The van der Waals surface area contributed by atoms with Crippen molar-refractivity contribution in [2.75, 3.05) is 0 Å². The highest BCUT2D eigenvalue weighted by Gasteiger charge is 2.21. The van der Waals surface area contributed by atoms with Crippen LogP contribution in [0, 0.1) is 0 Å². The first-order valence-electron chi connectivity index (χ1n) is 6.94. The van der Waals surface area contributed by atoms with Crippen LogP contribution in [0.15, 0.2) is 41.7 Å². The summed E-state index contributed by atoms with van der Waals surface area (Å²) in [6.07, 6.45) is 1.80. The molecule has 0 aliphatic rings. The molecule has 1 unspecified atom stereocenters. The van der Waals surface area contributed by atoms with Gasteiger partial charge in [0.2, 0.25) is 5.91 Å². The Labute approximate surface area is 129 Å². The van der Waals surface area contributed by atoms with Crippen molar-refractivity contribution in [1.82, 2.24) is 15.3 Å². The fraction of sp³-hybridized carbons (Fsp3) is 0.375. The van der Waals surface area contributed by atoms with Crippen molar-refractivity contribution in [3.05, 3.63) is 36.5 Å². The molecule has 1 amide bonds. The van der Waals surface area contributed by atoms with E-state index in [2.05, 4.69) is 15.3 Å². The van der Waals surface area contributed by atoms with Gasteiger partial charge in [-0.3, -0.25) is 4.79 Å². The van der Waals surface area contributed by atoms with Gasteiger partial charge in [0.05, 0.1) is 17.1 Å². The van der Waals surface area contributed by atoms with E-state index in [0.717, 1.165) is 16.4 Å². The van der Waals surface area contributed by atoms with Crippen LogP contribution in [-0.4, -0.2) is 26.7 Å². The van der Waals surface area contributed by atoms with Gasteiger partial charge in [-0.25, -0.2) is 4.98 Å². The fourth-order valence-corrected chi connectivity index (χ4v) is 2.60. The van der Waals surface area contributed by atoms with E-state index in [1.165, 1.54) is 11.8 Å². The van der Waals surface area contributed by atoms with Gasteiger partial charge < -0.3 is 10.3 Å². The van der Waals surface area contributed by atoms with E-state index in [-0.39, 0.29) is 16.7 Å². The maximum atomic E-state index is 12.1. The summed E-state index contributed by atoms with van der Waals surface area (Å²) in [5.74, 6) is 0.0187. The second-order valence-electron chi connectivity index (χ2n) is 5.97. The van der Waals surface area contributed by atoms with Gasteiger partial charge in [-0.1, -0.05) is 42.1 Å². The van der Waals surface area contributed by atoms with Crippen molar-refractivity contribution in [1.29, 1.82) is 0 Å². The number of rotatable bonds is 4. The number of H-pyrrole nitrogens is 1. The van der Waals surface area contributed by atoms with Crippen LogP contribution >= 0.6 is 11.8 Å². The van der Waals surface area contributed by atoms with Gasteiger partial charge in [0.15, 0.2) is 5.16 Å². The zero-order chi connectivity index (χ0) is 15.5. The molecule has 0 aliphatic heterocycles. The van der Waals surface area contributed by atoms with E-state index in [1.807, 2.05) is 58.0 Å². The largest absolute Gasteiger partial charge is 0.351 e. The summed E-state index contributed by atoms with van der Waals surface area (Å²) in [7, 11) is 0. The molecule has 4 nitrogen and oxygen atoms in total. The van der Waals surface area contributed by atoms with Gasteiger partial charge in [0.25, 0.3) is 0 Å². The van der Waals surface area contributed by atoms with Gasteiger partial charge in [-0.15, -0.1) is 0 Å². The van der Waals surface area contributed by atoms with Crippen LogP contribution in [0.2, 0.25) is 0 Å². The van der Waals surface area contributed by atoms with Crippen LogP contribution in [0.3, 0.4) is 0 Å². The number of aromatic amines is 1. The third kappa shape index (κ3) is 4.63. The van der Waals surface area contributed by atoms with Crippen LogP contribution in [0.25, 0.3) is 11.3 Å². The molecule has 0 fully saturated rings. The van der Waals surface area contributed by atoms with E-state index >= 15 is 0 Å². The Balaban J connectivity index is 2.01. The number of benzene rings is 1. The van der Waals surface area contributed by atoms with E-state index in [0.29, 0.717) is 0 Å². The highest BCUT2D eigenvalue weighted by molar-refractivity contribution is 8.00. The lowest BCUT2D eigenvalue weighted by atomic mass is 10.1. The zero-order valence-electron chi connectivity index (χ0n) is 12.8. The van der Waals surface area contributed by atoms with E-state index in [1.54, 1.807) is 6.20 Å². The van der Waals surface area contributed by atoms with Crippen molar-refractivity contribution in [3.63, 3.8) is 0 Å². The number of nitrogens with one attached hydrogen (secondary N) is 2. The number of aromatic nitrogens is 2. The van der Waals surface area contributed by atoms with Crippen LogP contribution in [0.4, 0.5) is 0 Å². The molecule has 0 bridgehead atoms. The van der Waals surface area contributed by atoms with Gasteiger partial charge >= 0.3 is 0 Å². The summed E-state index contributed by atoms with van der Waals surface area (Å²) in [6.45, 7) is 7.81. The summed E-state index contributed by atoms with van der Waals surface area (Å²) in [5.41, 5.74) is 1.83. The number of amides is 1. The van der Waals surface area contributed by atoms with Crippen LogP contribution < -0.4 is 5.32 Å². The molecule has 2 aromatic rings. The number of carbonyl (C=O) groups excluding carboxylic acids is 1. The SMILES string of the molecule is CC(Sc1ncc(-c2ccccc2)[nH]1)C(=O)NC(C)(C)C. The Morgan fingerprint density at radius 3 is 2.57 bits per heavy atom. The van der Waals surface area contributed by atoms with Crippen molar-refractivity contribution in [2.24, 2.45) is 0 Å². The molecule has 0 spiro atoms. The van der Waals surface area contributed by atoms with E-state index in [4.69, 9.17) is 0 Å². The minimum absolute atomic E-state index is 0.0187. The quantitative estimate of drug-likeness (QED) is 0.850. The molecule has 0 radical (unpaired) electrons. The first-order chi connectivity index (χ1) is 9.85. The first-order valence-corrected chi connectivity index (χ1v) is 7.82. The molecule has 0 aliphatic carbocycles. The van der Waals surface area contributed by atoms with Crippen LogP contribution in [0.5, 0.6) is 0 Å². The Kier molecular flexibility index (Phi) is 4.73. The number of carbonyl (C=O) groups is 1.